The minimum atomic E-state index is -0.250. The van der Waals surface area contributed by atoms with Crippen LogP contribution in [0.1, 0.15) is 26.5 Å². The third-order valence-corrected chi connectivity index (χ3v) is 4.26. The van der Waals surface area contributed by atoms with Gasteiger partial charge in [-0.25, -0.2) is 0 Å². The molecule has 0 atom stereocenters. The lowest BCUT2D eigenvalue weighted by Crippen LogP contribution is -2.33. The topological polar surface area (TPSA) is 79.5 Å². The zero-order valence-electron chi connectivity index (χ0n) is 13.7. The van der Waals surface area contributed by atoms with Gasteiger partial charge < -0.3 is 15.4 Å². The number of thiophene rings is 1. The predicted molar refractivity (Wildman–Crippen MR) is 103 cm³/mol. The Bertz CT molecular complexity index is 715. The van der Waals surface area contributed by atoms with Crippen LogP contribution in [0, 0.1) is 0 Å². The van der Waals surface area contributed by atoms with Crippen molar-refractivity contribution in [2.75, 3.05) is 25.6 Å². The Kier molecular flexibility index (Phi) is 7.52. The average molecular weight is 377 g/mol. The Labute approximate surface area is 155 Å². The first-order valence-electron chi connectivity index (χ1n) is 7.63. The van der Waals surface area contributed by atoms with Gasteiger partial charge in [-0.15, -0.1) is 11.3 Å². The molecular formula is C17H19N3O3S2. The number of benzene rings is 1. The predicted octanol–water partition coefficient (Wildman–Crippen LogP) is 2.64. The Morgan fingerprint density at radius 1 is 1.16 bits per heavy atom. The molecule has 0 spiro atoms. The number of hydrogen-bond donors (Lipinski definition) is 3. The molecule has 1 heterocycles. The molecule has 8 heteroatoms. The van der Waals surface area contributed by atoms with Crippen LogP contribution in [-0.4, -0.2) is 37.2 Å². The lowest BCUT2D eigenvalue weighted by Gasteiger charge is -2.10. The lowest BCUT2D eigenvalue weighted by molar-refractivity contribution is 0.0946. The van der Waals surface area contributed by atoms with Crippen molar-refractivity contribution in [3.63, 3.8) is 0 Å². The van der Waals surface area contributed by atoms with E-state index >= 15 is 0 Å². The van der Waals surface area contributed by atoms with Crippen LogP contribution >= 0.6 is 23.6 Å². The summed E-state index contributed by atoms with van der Waals surface area (Å²) in [5.41, 5.74) is 1.24. The third kappa shape index (κ3) is 6.26. The second kappa shape index (κ2) is 9.87. The van der Waals surface area contributed by atoms with Crippen molar-refractivity contribution in [3.8, 4) is 0 Å². The van der Waals surface area contributed by atoms with Crippen molar-refractivity contribution >= 4 is 46.2 Å². The van der Waals surface area contributed by atoms with Crippen molar-refractivity contribution in [1.29, 1.82) is 0 Å². The summed E-state index contributed by atoms with van der Waals surface area (Å²) in [4.78, 5) is 24.5. The summed E-state index contributed by atoms with van der Waals surface area (Å²) in [6, 6.07) is 10.4. The summed E-state index contributed by atoms with van der Waals surface area (Å²) < 4.78 is 4.93. The number of carbonyl (C=O) groups excluding carboxylic acids is 2. The lowest BCUT2D eigenvalue weighted by atomic mass is 10.2. The largest absolute Gasteiger partial charge is 0.385 e. The zero-order valence-corrected chi connectivity index (χ0v) is 15.3. The van der Waals surface area contributed by atoms with E-state index in [4.69, 9.17) is 17.0 Å². The Hall–Kier alpha value is -2.29. The van der Waals surface area contributed by atoms with Gasteiger partial charge in [-0.3, -0.25) is 14.9 Å². The summed E-state index contributed by atoms with van der Waals surface area (Å²) in [6.07, 6.45) is 0.764. The number of carbonyl (C=O) groups is 2. The number of thiocarbonyl (C=S) groups is 1. The molecule has 3 N–H and O–H groups in total. The van der Waals surface area contributed by atoms with Crippen molar-refractivity contribution in [2.45, 2.75) is 6.42 Å². The van der Waals surface area contributed by atoms with Crippen LogP contribution in [0.4, 0.5) is 5.69 Å². The summed E-state index contributed by atoms with van der Waals surface area (Å²) in [5, 5.41) is 10.4. The van der Waals surface area contributed by atoms with Crippen LogP contribution in [0.5, 0.6) is 0 Å². The molecule has 2 amide bonds. The molecule has 0 fully saturated rings. The van der Waals surface area contributed by atoms with Gasteiger partial charge in [0.25, 0.3) is 11.8 Å². The zero-order chi connectivity index (χ0) is 18.1. The van der Waals surface area contributed by atoms with Crippen LogP contribution in [0.25, 0.3) is 0 Å². The van der Waals surface area contributed by atoms with Crippen LogP contribution in [0.15, 0.2) is 41.8 Å². The minimum absolute atomic E-state index is 0.142. The van der Waals surface area contributed by atoms with Crippen LogP contribution in [0.3, 0.4) is 0 Å². The second-order valence-electron chi connectivity index (χ2n) is 5.07. The van der Waals surface area contributed by atoms with Crippen molar-refractivity contribution < 1.29 is 14.3 Å². The third-order valence-electron chi connectivity index (χ3n) is 3.19. The smallest absolute Gasteiger partial charge is 0.267 e. The Morgan fingerprint density at radius 2 is 1.92 bits per heavy atom. The molecule has 0 aliphatic heterocycles. The Morgan fingerprint density at radius 3 is 2.56 bits per heavy atom. The molecule has 1 aromatic carbocycles. The van der Waals surface area contributed by atoms with E-state index in [-0.39, 0.29) is 16.9 Å². The molecular weight excluding hydrogens is 358 g/mol. The summed E-state index contributed by atoms with van der Waals surface area (Å²) >= 11 is 6.47. The van der Waals surface area contributed by atoms with Crippen LogP contribution in [0.2, 0.25) is 0 Å². The fourth-order valence-electron chi connectivity index (χ4n) is 1.96. The fraction of sp³-hybridized carbons (Fsp3) is 0.235. The summed E-state index contributed by atoms with van der Waals surface area (Å²) in [5.74, 6) is -0.393. The van der Waals surface area contributed by atoms with Gasteiger partial charge in [0.15, 0.2) is 5.11 Å². The van der Waals surface area contributed by atoms with Gasteiger partial charge in [0.05, 0.1) is 4.88 Å². The van der Waals surface area contributed by atoms with Crippen molar-refractivity contribution in [3.05, 3.63) is 52.2 Å². The Balaban J connectivity index is 1.82. The highest BCUT2D eigenvalue weighted by Gasteiger charge is 2.09. The van der Waals surface area contributed by atoms with Gasteiger partial charge in [-0.2, -0.15) is 0 Å². The standard InChI is InChI=1S/C17H19N3O3S2/c1-23-10-3-9-18-15(21)12-5-7-13(8-6-12)19-17(24)20-16(22)14-4-2-11-25-14/h2,4-8,11H,3,9-10H2,1H3,(H,18,21)(H2,19,20,22,24). The number of anilines is 1. The normalized spacial score (nSPS) is 10.1. The molecule has 2 rings (SSSR count). The van der Waals surface area contributed by atoms with E-state index in [1.807, 2.05) is 5.38 Å². The minimum Gasteiger partial charge on any atom is -0.385 e. The molecule has 2 aromatic rings. The van der Waals surface area contributed by atoms with Gasteiger partial charge in [-0.1, -0.05) is 6.07 Å². The first-order valence-corrected chi connectivity index (χ1v) is 8.92. The molecule has 0 unspecified atom stereocenters. The van der Waals surface area contributed by atoms with E-state index in [0.717, 1.165) is 6.42 Å². The highest BCUT2D eigenvalue weighted by molar-refractivity contribution is 7.80. The average Bonchev–Trinajstić information content (AvgIpc) is 3.14. The molecule has 132 valence electrons. The highest BCUT2D eigenvalue weighted by atomic mass is 32.1. The molecule has 6 nitrogen and oxygen atoms in total. The fourth-order valence-corrected chi connectivity index (χ4v) is 2.79. The van der Waals surface area contributed by atoms with Crippen LogP contribution in [-0.2, 0) is 4.74 Å². The van der Waals surface area contributed by atoms with Crippen molar-refractivity contribution in [2.24, 2.45) is 0 Å². The number of methoxy groups -OCH3 is 1. The molecule has 0 aliphatic carbocycles. The molecule has 0 saturated heterocycles. The van der Waals surface area contributed by atoms with E-state index in [1.54, 1.807) is 43.5 Å². The van der Waals surface area contributed by atoms with Gasteiger partial charge >= 0.3 is 0 Å². The first kappa shape index (κ1) is 19.0. The van der Waals surface area contributed by atoms with E-state index in [9.17, 15) is 9.59 Å². The van der Waals surface area contributed by atoms with Gasteiger partial charge in [0, 0.05) is 31.5 Å². The molecule has 0 saturated carbocycles. The van der Waals surface area contributed by atoms with Crippen LogP contribution < -0.4 is 16.0 Å². The summed E-state index contributed by atoms with van der Waals surface area (Å²) in [7, 11) is 1.63. The molecule has 0 radical (unpaired) electrons. The summed E-state index contributed by atoms with van der Waals surface area (Å²) in [6.45, 7) is 1.17. The number of rotatable bonds is 7. The first-order chi connectivity index (χ1) is 12.1. The second-order valence-corrected chi connectivity index (χ2v) is 6.42. The van der Waals surface area contributed by atoms with E-state index in [1.165, 1.54) is 11.3 Å². The van der Waals surface area contributed by atoms with E-state index < -0.39 is 0 Å². The SMILES string of the molecule is COCCCNC(=O)c1ccc(NC(=S)NC(=O)c2cccs2)cc1. The van der Waals surface area contributed by atoms with Gasteiger partial charge in [-0.05, 0) is 54.4 Å². The van der Waals surface area contributed by atoms with E-state index in [2.05, 4.69) is 16.0 Å². The highest BCUT2D eigenvalue weighted by Crippen LogP contribution is 2.11. The maximum atomic E-state index is 12.0. The number of ether oxygens (including phenoxy) is 1. The number of hydrogen-bond acceptors (Lipinski definition) is 5. The molecule has 0 bridgehead atoms. The van der Waals surface area contributed by atoms with Gasteiger partial charge in [0.1, 0.15) is 0 Å². The maximum Gasteiger partial charge on any atom is 0.267 e. The van der Waals surface area contributed by atoms with Crippen molar-refractivity contribution in [1.82, 2.24) is 10.6 Å². The van der Waals surface area contributed by atoms with Gasteiger partial charge in [0.2, 0.25) is 0 Å². The number of nitrogens with one attached hydrogen (secondary N) is 3. The van der Waals surface area contributed by atoms with E-state index in [0.29, 0.717) is 29.3 Å². The molecule has 1 aromatic heterocycles. The monoisotopic (exact) mass is 377 g/mol. The number of amides is 2. The quantitative estimate of drug-likeness (QED) is 0.511. The molecule has 0 aliphatic rings. The maximum absolute atomic E-state index is 12.0. The molecule has 25 heavy (non-hydrogen) atoms.